The number of sulfonamides is 1. The number of carbonyl (C=O) groups is 1. The number of hydrogen-bond donors (Lipinski definition) is 1. The van der Waals surface area contributed by atoms with E-state index < -0.39 is 10.0 Å². The smallest absolute Gasteiger partial charge is 0.243 e. The van der Waals surface area contributed by atoms with Crippen molar-refractivity contribution in [2.45, 2.75) is 30.3 Å². The van der Waals surface area contributed by atoms with Gasteiger partial charge in [0.25, 0.3) is 0 Å². The van der Waals surface area contributed by atoms with Crippen molar-refractivity contribution in [1.82, 2.24) is 9.62 Å². The summed E-state index contributed by atoms with van der Waals surface area (Å²) in [5, 5.41) is 2.81. The van der Waals surface area contributed by atoms with E-state index in [1.165, 1.54) is 4.31 Å². The Morgan fingerprint density at radius 3 is 2.52 bits per heavy atom. The number of ether oxygens (including phenoxy) is 1. The van der Waals surface area contributed by atoms with Crippen LogP contribution in [0.5, 0.6) is 0 Å². The van der Waals surface area contributed by atoms with Crippen LogP contribution in [-0.2, 0) is 26.0 Å². The summed E-state index contributed by atoms with van der Waals surface area (Å²) in [4.78, 5) is 12.6. The molecule has 2 aromatic rings. The van der Waals surface area contributed by atoms with Crippen molar-refractivity contribution in [3.05, 3.63) is 64.6 Å². The molecule has 1 atom stereocenters. The molecule has 0 saturated carbocycles. The number of amides is 1. The van der Waals surface area contributed by atoms with Crippen LogP contribution in [-0.4, -0.2) is 51.0 Å². The number of benzene rings is 2. The van der Waals surface area contributed by atoms with Gasteiger partial charge < -0.3 is 10.1 Å². The summed E-state index contributed by atoms with van der Waals surface area (Å²) in [6.07, 6.45) is 2.44. The first kappa shape index (κ1) is 22.0. The molecule has 29 heavy (non-hydrogen) atoms. The van der Waals surface area contributed by atoms with Gasteiger partial charge in [0.1, 0.15) is 0 Å². The predicted octanol–water partition coefficient (Wildman–Crippen LogP) is 2.98. The summed E-state index contributed by atoms with van der Waals surface area (Å²) in [7, 11) is -3.80. The van der Waals surface area contributed by atoms with Gasteiger partial charge in [-0.05, 0) is 49.1 Å². The summed E-state index contributed by atoms with van der Waals surface area (Å²) >= 11 is 3.32. The maximum absolute atomic E-state index is 13.2. The SMILES string of the molecule is O=C(CN(CCc1ccccc1)S(=O)(=O)c1ccc(Br)cc1)NC[C@@H]1CCCO1. The Balaban J connectivity index is 1.71. The molecule has 0 unspecified atom stereocenters. The molecular weight excluding hydrogens is 456 g/mol. The molecule has 8 heteroatoms. The van der Waals surface area contributed by atoms with Crippen molar-refractivity contribution in [3.63, 3.8) is 0 Å². The van der Waals surface area contributed by atoms with E-state index in [1.807, 2.05) is 30.3 Å². The molecule has 0 radical (unpaired) electrons. The summed E-state index contributed by atoms with van der Waals surface area (Å²) in [6.45, 7) is 1.11. The molecule has 1 fully saturated rings. The molecule has 1 heterocycles. The lowest BCUT2D eigenvalue weighted by molar-refractivity contribution is -0.121. The molecule has 156 valence electrons. The van der Waals surface area contributed by atoms with Crippen LogP contribution in [0.2, 0.25) is 0 Å². The topological polar surface area (TPSA) is 75.7 Å². The molecule has 1 aliphatic rings. The first-order valence-corrected chi connectivity index (χ1v) is 11.9. The molecule has 0 aromatic heterocycles. The van der Waals surface area contributed by atoms with E-state index in [1.54, 1.807) is 24.3 Å². The first-order valence-electron chi connectivity index (χ1n) is 9.63. The fourth-order valence-corrected chi connectivity index (χ4v) is 4.85. The zero-order valence-corrected chi connectivity index (χ0v) is 18.5. The summed E-state index contributed by atoms with van der Waals surface area (Å²) in [5.74, 6) is -0.325. The minimum Gasteiger partial charge on any atom is -0.376 e. The van der Waals surface area contributed by atoms with E-state index >= 15 is 0 Å². The van der Waals surface area contributed by atoms with Crippen molar-refractivity contribution in [1.29, 1.82) is 0 Å². The Kier molecular flexibility index (Phi) is 7.83. The molecule has 1 aliphatic heterocycles. The van der Waals surface area contributed by atoms with Crippen molar-refractivity contribution in [2.24, 2.45) is 0 Å². The summed E-state index contributed by atoms with van der Waals surface area (Å²) in [5.41, 5.74) is 1.02. The van der Waals surface area contributed by atoms with E-state index in [0.29, 0.717) is 19.6 Å². The van der Waals surface area contributed by atoms with Gasteiger partial charge in [-0.1, -0.05) is 46.3 Å². The van der Waals surface area contributed by atoms with E-state index in [2.05, 4.69) is 21.2 Å². The van der Waals surface area contributed by atoms with Gasteiger partial charge in [-0.25, -0.2) is 8.42 Å². The van der Waals surface area contributed by atoms with E-state index in [4.69, 9.17) is 4.74 Å². The van der Waals surface area contributed by atoms with Crippen molar-refractivity contribution < 1.29 is 17.9 Å². The predicted molar refractivity (Wildman–Crippen MR) is 115 cm³/mol. The molecular formula is C21H25BrN2O4S. The second-order valence-corrected chi connectivity index (χ2v) is 9.82. The lowest BCUT2D eigenvalue weighted by Gasteiger charge is -2.22. The maximum Gasteiger partial charge on any atom is 0.243 e. The Morgan fingerprint density at radius 1 is 1.14 bits per heavy atom. The van der Waals surface area contributed by atoms with E-state index in [-0.39, 0.29) is 30.0 Å². The second kappa shape index (κ2) is 10.3. The van der Waals surface area contributed by atoms with Crippen molar-refractivity contribution >= 4 is 31.9 Å². The average Bonchev–Trinajstić information content (AvgIpc) is 3.24. The van der Waals surface area contributed by atoms with Gasteiger partial charge in [0.05, 0.1) is 17.5 Å². The standard InChI is InChI=1S/C21H25BrN2O4S/c22-18-8-10-20(11-9-18)29(26,27)24(13-12-17-5-2-1-3-6-17)16-21(25)23-15-19-7-4-14-28-19/h1-3,5-6,8-11,19H,4,7,12-16H2,(H,23,25)/t19-/m0/s1. The highest BCUT2D eigenvalue weighted by atomic mass is 79.9. The molecule has 2 aromatic carbocycles. The Bertz CT molecular complexity index is 898. The number of hydrogen-bond acceptors (Lipinski definition) is 4. The van der Waals surface area contributed by atoms with Gasteiger partial charge in [-0.3, -0.25) is 4.79 Å². The highest BCUT2D eigenvalue weighted by Gasteiger charge is 2.27. The van der Waals surface area contributed by atoms with Crippen LogP contribution in [0.3, 0.4) is 0 Å². The zero-order valence-electron chi connectivity index (χ0n) is 16.1. The van der Waals surface area contributed by atoms with Gasteiger partial charge in [-0.15, -0.1) is 0 Å². The monoisotopic (exact) mass is 480 g/mol. The molecule has 3 rings (SSSR count). The third kappa shape index (κ3) is 6.37. The fourth-order valence-electron chi connectivity index (χ4n) is 3.19. The Labute approximate surface area is 180 Å². The van der Waals surface area contributed by atoms with Crippen LogP contribution in [0.1, 0.15) is 18.4 Å². The maximum atomic E-state index is 13.2. The van der Waals surface area contributed by atoms with Gasteiger partial charge in [0.15, 0.2) is 0 Å². The fraction of sp³-hybridized carbons (Fsp3) is 0.381. The van der Waals surface area contributed by atoms with Crippen molar-refractivity contribution in [3.8, 4) is 0 Å². The quantitative estimate of drug-likeness (QED) is 0.598. The van der Waals surface area contributed by atoms with Gasteiger partial charge >= 0.3 is 0 Å². The third-order valence-corrected chi connectivity index (χ3v) is 7.20. The minimum atomic E-state index is -3.80. The van der Waals surface area contributed by atoms with Crippen LogP contribution in [0.15, 0.2) is 64.0 Å². The van der Waals surface area contributed by atoms with Crippen LogP contribution in [0.4, 0.5) is 0 Å². The van der Waals surface area contributed by atoms with E-state index in [0.717, 1.165) is 22.9 Å². The molecule has 0 aliphatic carbocycles. The summed E-state index contributed by atoms with van der Waals surface area (Å²) < 4.78 is 33.9. The highest BCUT2D eigenvalue weighted by molar-refractivity contribution is 9.10. The molecule has 0 spiro atoms. The lowest BCUT2D eigenvalue weighted by Crippen LogP contribution is -2.43. The van der Waals surface area contributed by atoms with Crippen LogP contribution >= 0.6 is 15.9 Å². The molecule has 1 saturated heterocycles. The zero-order chi connectivity index (χ0) is 20.7. The molecule has 1 N–H and O–H groups in total. The van der Waals surface area contributed by atoms with E-state index in [9.17, 15) is 13.2 Å². The van der Waals surface area contributed by atoms with Crippen LogP contribution in [0, 0.1) is 0 Å². The number of nitrogens with one attached hydrogen (secondary N) is 1. The Morgan fingerprint density at radius 2 is 1.86 bits per heavy atom. The van der Waals surface area contributed by atoms with Gasteiger partial charge in [-0.2, -0.15) is 4.31 Å². The Hall–Kier alpha value is -1.74. The molecule has 1 amide bonds. The first-order chi connectivity index (χ1) is 13.9. The van der Waals surface area contributed by atoms with Crippen LogP contribution in [0.25, 0.3) is 0 Å². The van der Waals surface area contributed by atoms with Crippen molar-refractivity contribution in [2.75, 3.05) is 26.2 Å². The van der Waals surface area contributed by atoms with Gasteiger partial charge in [0, 0.05) is 24.2 Å². The minimum absolute atomic E-state index is 0.0137. The normalized spacial score (nSPS) is 16.8. The second-order valence-electron chi connectivity index (χ2n) is 6.97. The number of halogens is 1. The largest absolute Gasteiger partial charge is 0.376 e. The molecule has 0 bridgehead atoms. The van der Waals surface area contributed by atoms with Gasteiger partial charge in [0.2, 0.25) is 15.9 Å². The average molecular weight is 481 g/mol. The number of nitrogens with zero attached hydrogens (tertiary/aromatic N) is 1. The summed E-state index contributed by atoms with van der Waals surface area (Å²) in [6, 6.07) is 16.1. The lowest BCUT2D eigenvalue weighted by atomic mass is 10.1. The van der Waals surface area contributed by atoms with Crippen LogP contribution < -0.4 is 5.32 Å². The number of rotatable bonds is 9. The number of carbonyl (C=O) groups excluding carboxylic acids is 1. The highest BCUT2D eigenvalue weighted by Crippen LogP contribution is 2.19. The third-order valence-electron chi connectivity index (χ3n) is 4.81. The molecule has 6 nitrogen and oxygen atoms in total.